The predicted octanol–water partition coefficient (Wildman–Crippen LogP) is 2.34. The van der Waals surface area contributed by atoms with Crippen molar-refractivity contribution in [3.63, 3.8) is 0 Å². The largest absolute Gasteiger partial charge is 0.340 e. The van der Waals surface area contributed by atoms with Gasteiger partial charge in [-0.25, -0.2) is 8.78 Å². The number of halogens is 2. The zero-order valence-electron chi connectivity index (χ0n) is 15.5. The van der Waals surface area contributed by atoms with Crippen LogP contribution in [0.15, 0.2) is 42.5 Å². The number of amides is 2. The van der Waals surface area contributed by atoms with Crippen LogP contribution in [0.5, 0.6) is 0 Å². The van der Waals surface area contributed by atoms with Crippen molar-refractivity contribution >= 4 is 11.8 Å². The van der Waals surface area contributed by atoms with E-state index in [1.54, 1.807) is 13.0 Å². The number of carbonyl (C=O) groups excluding carboxylic acids is 2. The van der Waals surface area contributed by atoms with E-state index in [0.717, 1.165) is 17.7 Å². The number of likely N-dealkylation sites (N-methyl/N-ethyl adjacent to an activating group) is 1. The van der Waals surface area contributed by atoms with Gasteiger partial charge in [0, 0.05) is 25.5 Å². The van der Waals surface area contributed by atoms with Crippen molar-refractivity contribution in [2.45, 2.75) is 31.3 Å². The van der Waals surface area contributed by atoms with E-state index in [0.29, 0.717) is 6.42 Å². The van der Waals surface area contributed by atoms with E-state index in [-0.39, 0.29) is 23.5 Å². The number of hydrogen-bond acceptors (Lipinski definition) is 3. The first-order valence-corrected chi connectivity index (χ1v) is 8.77. The van der Waals surface area contributed by atoms with Gasteiger partial charge < -0.3 is 10.2 Å². The van der Waals surface area contributed by atoms with Crippen LogP contribution in [0.3, 0.4) is 0 Å². The van der Waals surface area contributed by atoms with Crippen molar-refractivity contribution in [1.82, 2.24) is 10.2 Å². The lowest BCUT2D eigenvalue weighted by atomic mass is 9.86. The second-order valence-electron chi connectivity index (χ2n) is 7.12. The fourth-order valence-corrected chi connectivity index (χ4v) is 3.56. The van der Waals surface area contributed by atoms with Crippen molar-refractivity contribution in [2.24, 2.45) is 0 Å². The summed E-state index contributed by atoms with van der Waals surface area (Å²) in [4.78, 5) is 27.0. The van der Waals surface area contributed by atoms with E-state index in [9.17, 15) is 23.6 Å². The Morgan fingerprint density at radius 2 is 1.86 bits per heavy atom. The minimum Gasteiger partial charge on any atom is -0.340 e. The molecule has 2 aromatic rings. The van der Waals surface area contributed by atoms with Crippen molar-refractivity contribution in [3.05, 3.63) is 70.8 Å². The van der Waals surface area contributed by atoms with Crippen LogP contribution < -0.4 is 5.32 Å². The highest BCUT2D eigenvalue weighted by Gasteiger charge is 2.46. The quantitative estimate of drug-likeness (QED) is 0.881. The maximum Gasteiger partial charge on any atom is 0.248 e. The first-order valence-electron chi connectivity index (χ1n) is 8.77. The van der Waals surface area contributed by atoms with E-state index < -0.39 is 29.1 Å². The number of nitrogens with one attached hydrogen (secondary N) is 1. The summed E-state index contributed by atoms with van der Waals surface area (Å²) < 4.78 is 27.9. The summed E-state index contributed by atoms with van der Waals surface area (Å²) in [6.45, 7) is 1.64. The topological polar surface area (TPSA) is 73.2 Å². The van der Waals surface area contributed by atoms with Gasteiger partial charge in [-0.05, 0) is 24.6 Å². The molecule has 0 aliphatic carbocycles. The Labute approximate surface area is 161 Å². The van der Waals surface area contributed by atoms with Gasteiger partial charge in [0.2, 0.25) is 11.8 Å². The highest BCUT2D eigenvalue weighted by molar-refractivity contribution is 5.99. The number of rotatable bonds is 4. The Morgan fingerprint density at radius 1 is 1.18 bits per heavy atom. The fraction of sp³-hybridized carbons (Fsp3) is 0.286. The summed E-state index contributed by atoms with van der Waals surface area (Å²) in [7, 11) is 1.46. The molecule has 1 saturated heterocycles. The molecule has 1 aliphatic heterocycles. The number of hydrogen-bond donors (Lipinski definition) is 1. The molecule has 0 bridgehead atoms. The zero-order valence-corrected chi connectivity index (χ0v) is 15.5. The van der Waals surface area contributed by atoms with Crippen LogP contribution >= 0.6 is 0 Å². The Bertz CT molecular complexity index is 972. The molecule has 0 aromatic heterocycles. The van der Waals surface area contributed by atoms with Crippen LogP contribution in [-0.4, -0.2) is 35.3 Å². The van der Waals surface area contributed by atoms with Gasteiger partial charge in [0.1, 0.15) is 11.6 Å². The summed E-state index contributed by atoms with van der Waals surface area (Å²) in [6.07, 6.45) is 0.00915. The number of piperazine rings is 1. The molecule has 2 unspecified atom stereocenters. The van der Waals surface area contributed by atoms with Crippen molar-refractivity contribution in [2.75, 3.05) is 7.05 Å². The molecule has 2 atom stereocenters. The number of benzene rings is 2. The van der Waals surface area contributed by atoms with Crippen LogP contribution in [0.4, 0.5) is 8.78 Å². The average Bonchev–Trinajstić information content (AvgIpc) is 2.67. The monoisotopic (exact) mass is 383 g/mol. The summed E-state index contributed by atoms with van der Waals surface area (Å²) in [5, 5.41) is 11.9. The molecule has 144 valence electrons. The van der Waals surface area contributed by atoms with Gasteiger partial charge in [-0.15, -0.1) is 0 Å². The number of carbonyl (C=O) groups is 2. The summed E-state index contributed by atoms with van der Waals surface area (Å²) in [5.74, 6) is -3.09. The predicted molar refractivity (Wildman–Crippen MR) is 98.0 cm³/mol. The Morgan fingerprint density at radius 3 is 2.50 bits per heavy atom. The first-order chi connectivity index (χ1) is 13.3. The van der Waals surface area contributed by atoms with Crippen LogP contribution in [-0.2, 0) is 22.4 Å². The highest BCUT2D eigenvalue weighted by atomic mass is 19.2. The number of nitrogens with zero attached hydrogens (tertiary/aromatic N) is 2. The van der Waals surface area contributed by atoms with E-state index in [4.69, 9.17) is 0 Å². The third kappa shape index (κ3) is 3.46. The van der Waals surface area contributed by atoms with Crippen molar-refractivity contribution < 1.29 is 18.4 Å². The third-order valence-corrected chi connectivity index (χ3v) is 5.08. The van der Waals surface area contributed by atoms with Crippen LogP contribution in [0.2, 0.25) is 0 Å². The average molecular weight is 383 g/mol. The van der Waals surface area contributed by atoms with Gasteiger partial charge in [0.15, 0.2) is 11.6 Å². The lowest BCUT2D eigenvalue weighted by molar-refractivity contribution is -0.152. The second kappa shape index (κ2) is 7.39. The zero-order chi connectivity index (χ0) is 20.5. The minimum atomic E-state index is -1.18. The van der Waals surface area contributed by atoms with Gasteiger partial charge in [-0.1, -0.05) is 30.3 Å². The maximum atomic E-state index is 14.2. The Hall–Kier alpha value is -3.27. The molecule has 3 rings (SSSR count). The summed E-state index contributed by atoms with van der Waals surface area (Å²) in [5.41, 5.74) is -0.546. The summed E-state index contributed by atoms with van der Waals surface area (Å²) in [6, 6.07) is 12.0. The van der Waals surface area contributed by atoms with E-state index in [2.05, 4.69) is 5.32 Å². The molecule has 0 saturated carbocycles. The van der Waals surface area contributed by atoms with E-state index >= 15 is 0 Å². The minimum absolute atomic E-state index is 0.0647. The molecule has 1 aliphatic rings. The second-order valence-corrected chi connectivity index (χ2v) is 7.12. The molecule has 1 heterocycles. The Balaban J connectivity index is 1.88. The van der Waals surface area contributed by atoms with E-state index in [1.165, 1.54) is 11.9 Å². The van der Waals surface area contributed by atoms with E-state index in [1.807, 2.05) is 30.3 Å². The molecule has 2 aromatic carbocycles. The van der Waals surface area contributed by atoms with Crippen molar-refractivity contribution in [1.29, 1.82) is 5.26 Å². The lowest BCUT2D eigenvalue weighted by Gasteiger charge is -2.43. The standard InChI is InChI=1S/C21H19F2N3O2/c1-21(11-13-6-4-3-5-7-13)20(28)26(2)17(19(27)25-21)10-15-14(12-24)8-9-16(22)18(15)23/h3-9,17H,10-11H2,1-2H3,(H,25,27). The van der Waals surface area contributed by atoms with Crippen molar-refractivity contribution in [3.8, 4) is 6.07 Å². The fourth-order valence-electron chi connectivity index (χ4n) is 3.56. The van der Waals surface area contributed by atoms with Gasteiger partial charge in [0.05, 0.1) is 11.6 Å². The normalized spacial score (nSPS) is 22.0. The van der Waals surface area contributed by atoms with Crippen LogP contribution in [0, 0.1) is 23.0 Å². The smallest absolute Gasteiger partial charge is 0.248 e. The SMILES string of the molecule is CN1C(=O)C(C)(Cc2ccccc2)NC(=O)C1Cc1c(C#N)ccc(F)c1F. The molecule has 0 spiro atoms. The molecule has 0 radical (unpaired) electrons. The van der Waals surface area contributed by atoms with Crippen LogP contribution in [0.25, 0.3) is 0 Å². The molecule has 7 heteroatoms. The first kappa shape index (κ1) is 19.5. The van der Waals surface area contributed by atoms with Gasteiger partial charge in [-0.3, -0.25) is 9.59 Å². The molecule has 1 N–H and O–H groups in total. The maximum absolute atomic E-state index is 14.2. The molecule has 28 heavy (non-hydrogen) atoms. The third-order valence-electron chi connectivity index (χ3n) is 5.08. The highest BCUT2D eigenvalue weighted by Crippen LogP contribution is 2.26. The van der Waals surface area contributed by atoms with Gasteiger partial charge in [-0.2, -0.15) is 5.26 Å². The number of nitriles is 1. The summed E-state index contributed by atoms with van der Waals surface area (Å²) >= 11 is 0. The molecular formula is C21H19F2N3O2. The molecular weight excluding hydrogens is 364 g/mol. The Kier molecular flexibility index (Phi) is 5.14. The van der Waals surface area contributed by atoms with Gasteiger partial charge >= 0.3 is 0 Å². The lowest BCUT2D eigenvalue weighted by Crippen LogP contribution is -2.69. The molecule has 2 amide bonds. The van der Waals surface area contributed by atoms with Crippen LogP contribution in [0.1, 0.15) is 23.6 Å². The molecule has 1 fully saturated rings. The molecule has 5 nitrogen and oxygen atoms in total. The van der Waals surface area contributed by atoms with Gasteiger partial charge in [0.25, 0.3) is 0 Å².